The third kappa shape index (κ3) is 3.40. The average molecular weight is 439 g/mol. The van der Waals surface area contributed by atoms with Gasteiger partial charge in [-0.15, -0.1) is 0 Å². The summed E-state index contributed by atoms with van der Waals surface area (Å²) in [5, 5.41) is 2.82. The Morgan fingerprint density at radius 3 is 2.32 bits per heavy atom. The fourth-order valence-electron chi connectivity index (χ4n) is 3.79. The maximum atomic E-state index is 12.8. The number of anilines is 2. The number of rotatable bonds is 3. The van der Waals surface area contributed by atoms with Crippen LogP contribution in [0.25, 0.3) is 0 Å². The molecule has 1 heterocycles. The number of nitrogens with zero attached hydrogens (tertiary/aromatic N) is 1. The summed E-state index contributed by atoms with van der Waals surface area (Å²) < 4.78 is 0.931. The van der Waals surface area contributed by atoms with Crippen molar-refractivity contribution >= 4 is 45.0 Å². The molecule has 1 saturated heterocycles. The average Bonchev–Trinajstić information content (AvgIpc) is 2.93. The number of hydrogen-bond acceptors (Lipinski definition) is 3. The molecule has 0 aromatic heterocycles. The van der Waals surface area contributed by atoms with Crippen LogP contribution in [0.5, 0.6) is 0 Å². The first-order valence-corrected chi connectivity index (χ1v) is 9.94. The van der Waals surface area contributed by atoms with E-state index in [-0.39, 0.29) is 29.6 Å². The lowest BCUT2D eigenvalue weighted by molar-refractivity contribution is -0.122. The number of carbonyl (C=O) groups excluding carboxylic acids is 3. The van der Waals surface area contributed by atoms with Crippen LogP contribution in [0.3, 0.4) is 0 Å². The van der Waals surface area contributed by atoms with E-state index < -0.39 is 0 Å². The van der Waals surface area contributed by atoms with E-state index in [9.17, 15) is 14.4 Å². The second kappa shape index (κ2) is 7.36. The van der Waals surface area contributed by atoms with Crippen molar-refractivity contribution in [3.8, 4) is 0 Å². The molecule has 0 saturated carbocycles. The zero-order valence-electron chi connectivity index (χ0n) is 15.3. The normalized spacial score (nSPS) is 21.4. The highest BCUT2D eigenvalue weighted by molar-refractivity contribution is 9.10. The Morgan fingerprint density at radius 1 is 1.00 bits per heavy atom. The number of benzene rings is 2. The van der Waals surface area contributed by atoms with Crippen LogP contribution in [0.15, 0.2) is 64.7 Å². The van der Waals surface area contributed by atoms with Gasteiger partial charge in [0.15, 0.2) is 0 Å². The fraction of sp³-hybridized carbons (Fsp3) is 0.227. The Hall–Kier alpha value is -2.73. The van der Waals surface area contributed by atoms with Gasteiger partial charge in [0.05, 0.1) is 17.5 Å². The maximum absolute atomic E-state index is 12.8. The quantitative estimate of drug-likeness (QED) is 0.564. The molecule has 2 aliphatic rings. The van der Waals surface area contributed by atoms with Gasteiger partial charge in [0.2, 0.25) is 11.8 Å². The zero-order valence-corrected chi connectivity index (χ0v) is 16.9. The van der Waals surface area contributed by atoms with Gasteiger partial charge in [0, 0.05) is 15.7 Å². The minimum absolute atomic E-state index is 0.144. The lowest BCUT2D eigenvalue weighted by Crippen LogP contribution is -2.30. The molecule has 4 rings (SSSR count). The van der Waals surface area contributed by atoms with Gasteiger partial charge in [0.25, 0.3) is 5.91 Å². The summed E-state index contributed by atoms with van der Waals surface area (Å²) in [6.07, 6.45) is 3.30. The highest BCUT2D eigenvalue weighted by atomic mass is 79.9. The first-order valence-electron chi connectivity index (χ1n) is 9.14. The summed E-state index contributed by atoms with van der Waals surface area (Å²) in [5.74, 6) is -1.07. The molecule has 28 heavy (non-hydrogen) atoms. The van der Waals surface area contributed by atoms with Crippen LogP contribution in [-0.2, 0) is 9.59 Å². The topological polar surface area (TPSA) is 66.5 Å². The van der Waals surface area contributed by atoms with E-state index in [4.69, 9.17) is 0 Å². The van der Waals surface area contributed by atoms with Crippen molar-refractivity contribution < 1.29 is 14.4 Å². The number of hydrogen-bond donors (Lipinski definition) is 1. The van der Waals surface area contributed by atoms with Crippen LogP contribution in [-0.4, -0.2) is 17.7 Å². The van der Waals surface area contributed by atoms with Crippen LogP contribution in [0.1, 0.15) is 30.1 Å². The molecule has 0 unspecified atom stereocenters. The molecular formula is C22H19BrN2O3. The maximum Gasteiger partial charge on any atom is 0.255 e. The van der Waals surface area contributed by atoms with Gasteiger partial charge in [-0.2, -0.15) is 0 Å². The predicted molar refractivity (Wildman–Crippen MR) is 111 cm³/mol. The number of imide groups is 1. The molecule has 142 valence electrons. The number of nitrogens with one attached hydrogen (secondary N) is 1. The third-order valence-electron chi connectivity index (χ3n) is 5.31. The van der Waals surface area contributed by atoms with E-state index in [1.165, 1.54) is 4.90 Å². The van der Waals surface area contributed by atoms with E-state index in [2.05, 4.69) is 21.2 Å². The number of amides is 3. The summed E-state index contributed by atoms with van der Waals surface area (Å²) in [5.41, 5.74) is 2.82. The molecule has 2 atom stereocenters. The molecule has 1 N–H and O–H groups in total. The predicted octanol–water partition coefficient (Wildman–Crippen LogP) is 4.55. The lowest BCUT2D eigenvalue weighted by Gasteiger charge is -2.18. The van der Waals surface area contributed by atoms with Crippen molar-refractivity contribution in [2.75, 3.05) is 10.2 Å². The van der Waals surface area contributed by atoms with Crippen molar-refractivity contribution in [1.29, 1.82) is 0 Å². The molecule has 3 amide bonds. The van der Waals surface area contributed by atoms with Gasteiger partial charge >= 0.3 is 0 Å². The van der Waals surface area contributed by atoms with Gasteiger partial charge < -0.3 is 5.32 Å². The SMILES string of the molecule is CC1=CC[C@H]2C(=O)N(c3ccc(C(=O)Nc4ccc(Br)cc4)cc3)C(=O)[C@@H]2C1. The first kappa shape index (κ1) is 18.6. The molecular weight excluding hydrogens is 420 g/mol. The summed E-state index contributed by atoms with van der Waals surface area (Å²) in [6.45, 7) is 2.00. The van der Waals surface area contributed by atoms with Crippen LogP contribution in [0, 0.1) is 11.8 Å². The van der Waals surface area contributed by atoms with Gasteiger partial charge in [-0.25, -0.2) is 0 Å². The minimum atomic E-state index is -0.267. The summed E-state index contributed by atoms with van der Waals surface area (Å²) in [4.78, 5) is 39.2. The smallest absolute Gasteiger partial charge is 0.255 e. The molecule has 2 aromatic rings. The van der Waals surface area contributed by atoms with Crippen LogP contribution in [0.4, 0.5) is 11.4 Å². The van der Waals surface area contributed by atoms with Crippen molar-refractivity contribution in [1.82, 2.24) is 0 Å². The molecule has 1 aliphatic carbocycles. The monoisotopic (exact) mass is 438 g/mol. The molecule has 0 radical (unpaired) electrons. The zero-order chi connectivity index (χ0) is 19.8. The van der Waals surface area contributed by atoms with Crippen molar-refractivity contribution in [3.05, 3.63) is 70.2 Å². The van der Waals surface area contributed by atoms with E-state index >= 15 is 0 Å². The molecule has 0 bridgehead atoms. The Bertz CT molecular complexity index is 980. The minimum Gasteiger partial charge on any atom is -0.322 e. The Morgan fingerprint density at radius 2 is 1.64 bits per heavy atom. The van der Waals surface area contributed by atoms with Crippen molar-refractivity contribution in [2.24, 2.45) is 11.8 Å². The summed E-state index contributed by atoms with van der Waals surface area (Å²) >= 11 is 3.36. The van der Waals surface area contributed by atoms with Gasteiger partial charge in [-0.1, -0.05) is 27.6 Å². The number of carbonyl (C=O) groups is 3. The summed E-state index contributed by atoms with van der Waals surface area (Å²) in [6, 6.07) is 13.9. The Balaban J connectivity index is 1.50. The fourth-order valence-corrected chi connectivity index (χ4v) is 4.05. The van der Waals surface area contributed by atoms with Gasteiger partial charge in [0.1, 0.15) is 0 Å². The molecule has 0 spiro atoms. The number of allylic oxidation sites excluding steroid dienone is 2. The number of halogens is 1. The van der Waals surface area contributed by atoms with E-state index in [1.54, 1.807) is 36.4 Å². The second-order valence-corrected chi connectivity index (χ2v) is 8.14. The van der Waals surface area contributed by atoms with Crippen LogP contribution in [0.2, 0.25) is 0 Å². The van der Waals surface area contributed by atoms with E-state index in [0.717, 1.165) is 10.0 Å². The highest BCUT2D eigenvalue weighted by Gasteiger charge is 2.48. The molecule has 5 nitrogen and oxygen atoms in total. The van der Waals surface area contributed by atoms with Crippen LogP contribution >= 0.6 is 15.9 Å². The third-order valence-corrected chi connectivity index (χ3v) is 5.84. The molecule has 2 aromatic carbocycles. The molecule has 1 aliphatic heterocycles. The Kier molecular flexibility index (Phi) is 4.89. The summed E-state index contributed by atoms with van der Waals surface area (Å²) in [7, 11) is 0. The second-order valence-electron chi connectivity index (χ2n) is 7.22. The Labute approximate surface area is 171 Å². The van der Waals surface area contributed by atoms with E-state index in [1.807, 2.05) is 25.1 Å². The highest BCUT2D eigenvalue weighted by Crippen LogP contribution is 2.39. The molecule has 1 fully saturated rings. The van der Waals surface area contributed by atoms with E-state index in [0.29, 0.717) is 29.8 Å². The van der Waals surface area contributed by atoms with Crippen molar-refractivity contribution in [3.63, 3.8) is 0 Å². The first-order chi connectivity index (χ1) is 13.4. The molecule has 6 heteroatoms. The number of fused-ring (bicyclic) bond motifs is 1. The van der Waals surface area contributed by atoms with Crippen molar-refractivity contribution in [2.45, 2.75) is 19.8 Å². The van der Waals surface area contributed by atoms with Crippen LogP contribution < -0.4 is 10.2 Å². The van der Waals surface area contributed by atoms with Gasteiger partial charge in [-0.05, 0) is 68.3 Å². The lowest BCUT2D eigenvalue weighted by atomic mass is 9.82. The largest absolute Gasteiger partial charge is 0.322 e. The van der Waals surface area contributed by atoms with Gasteiger partial charge in [-0.3, -0.25) is 19.3 Å². The standard InChI is InChI=1S/C22H19BrN2O3/c1-13-2-11-18-19(12-13)22(28)25(21(18)27)17-9-3-14(4-10-17)20(26)24-16-7-5-15(23)6-8-16/h2-10,18-19H,11-12H2,1H3,(H,24,26)/t18-,19-/m1/s1.